The van der Waals surface area contributed by atoms with Gasteiger partial charge in [-0.25, -0.2) is 8.42 Å². The number of nitrogens with zero attached hydrogens (tertiary/aromatic N) is 1. The minimum atomic E-state index is -3.35. The van der Waals surface area contributed by atoms with E-state index in [0.29, 0.717) is 12.2 Å². The van der Waals surface area contributed by atoms with Crippen molar-refractivity contribution >= 4 is 26.6 Å². The van der Waals surface area contributed by atoms with E-state index in [9.17, 15) is 8.42 Å². The van der Waals surface area contributed by atoms with Crippen molar-refractivity contribution in [1.82, 2.24) is 10.3 Å². The smallest absolute Gasteiger partial charge is 0.233 e. The zero-order valence-electron chi connectivity index (χ0n) is 11.0. The molecule has 2 rings (SSSR count). The molecule has 0 atom stereocenters. The van der Waals surface area contributed by atoms with Crippen molar-refractivity contribution in [2.24, 2.45) is 0 Å². The topological polar surface area (TPSA) is 71.1 Å². The second-order valence-corrected chi connectivity index (χ2v) is 6.19. The molecule has 0 aliphatic carbocycles. The number of rotatable bonds is 5. The molecule has 0 amide bonds. The highest BCUT2D eigenvalue weighted by molar-refractivity contribution is 7.92. The molecule has 0 bridgehead atoms. The molecule has 0 radical (unpaired) electrons. The molecular formula is C13H17N3O2S. The number of anilines is 1. The molecule has 5 nitrogen and oxygen atoms in total. The van der Waals surface area contributed by atoms with Crippen molar-refractivity contribution in [3.05, 3.63) is 36.0 Å². The van der Waals surface area contributed by atoms with E-state index in [2.05, 4.69) is 15.0 Å². The Kier molecular flexibility index (Phi) is 4.01. The fourth-order valence-electron chi connectivity index (χ4n) is 1.85. The van der Waals surface area contributed by atoms with Gasteiger partial charge in [-0.3, -0.25) is 9.71 Å². The standard InChI is InChI=1S/C13H17N3O2S/c1-10-9-13(16-19(17,18)8-7-14-2)11-5-3-4-6-12(11)15-10/h3-6,9,14H,7-8H2,1-2H3,(H,15,16). The second kappa shape index (κ2) is 5.54. The van der Waals surface area contributed by atoms with Gasteiger partial charge in [0.2, 0.25) is 10.0 Å². The van der Waals surface area contributed by atoms with Gasteiger partial charge in [-0.2, -0.15) is 0 Å². The maximum absolute atomic E-state index is 11.9. The monoisotopic (exact) mass is 279 g/mol. The summed E-state index contributed by atoms with van der Waals surface area (Å²) in [6.07, 6.45) is 0. The minimum Gasteiger partial charge on any atom is -0.319 e. The lowest BCUT2D eigenvalue weighted by molar-refractivity contribution is 0.599. The van der Waals surface area contributed by atoms with Gasteiger partial charge in [0.05, 0.1) is 17.0 Å². The number of pyridine rings is 1. The Bertz CT molecular complexity index is 683. The van der Waals surface area contributed by atoms with E-state index in [1.54, 1.807) is 13.1 Å². The predicted molar refractivity (Wildman–Crippen MR) is 77.8 cm³/mol. The fraction of sp³-hybridized carbons (Fsp3) is 0.308. The van der Waals surface area contributed by atoms with Crippen molar-refractivity contribution in [3.63, 3.8) is 0 Å². The van der Waals surface area contributed by atoms with Crippen molar-refractivity contribution in [3.8, 4) is 0 Å². The number of aromatic nitrogens is 1. The number of hydrogen-bond acceptors (Lipinski definition) is 4. The van der Waals surface area contributed by atoms with E-state index in [1.807, 2.05) is 31.2 Å². The van der Waals surface area contributed by atoms with Gasteiger partial charge in [-0.05, 0) is 26.1 Å². The summed E-state index contributed by atoms with van der Waals surface area (Å²) in [5.41, 5.74) is 2.15. The van der Waals surface area contributed by atoms with Crippen LogP contribution in [0, 0.1) is 6.92 Å². The Hall–Kier alpha value is -1.66. The highest BCUT2D eigenvalue weighted by atomic mass is 32.2. The number of fused-ring (bicyclic) bond motifs is 1. The zero-order chi connectivity index (χ0) is 13.9. The maximum Gasteiger partial charge on any atom is 0.233 e. The summed E-state index contributed by atoms with van der Waals surface area (Å²) in [6.45, 7) is 2.26. The molecule has 0 unspecified atom stereocenters. The SMILES string of the molecule is CNCCS(=O)(=O)Nc1cc(C)nc2ccccc12. The van der Waals surface area contributed by atoms with Crippen molar-refractivity contribution in [1.29, 1.82) is 0 Å². The molecule has 0 aliphatic rings. The van der Waals surface area contributed by atoms with Crippen LogP contribution in [-0.4, -0.2) is 32.7 Å². The van der Waals surface area contributed by atoms with Gasteiger partial charge in [-0.15, -0.1) is 0 Å². The van der Waals surface area contributed by atoms with Gasteiger partial charge in [0.15, 0.2) is 0 Å². The average molecular weight is 279 g/mol. The molecule has 6 heteroatoms. The first-order chi connectivity index (χ1) is 9.02. The minimum absolute atomic E-state index is 0.0409. The third-order valence-corrected chi connectivity index (χ3v) is 4.00. The normalized spacial score (nSPS) is 11.7. The molecule has 2 N–H and O–H groups in total. The average Bonchev–Trinajstić information content (AvgIpc) is 2.36. The highest BCUT2D eigenvalue weighted by Gasteiger charge is 2.12. The van der Waals surface area contributed by atoms with Gasteiger partial charge in [-0.1, -0.05) is 18.2 Å². The molecular weight excluding hydrogens is 262 g/mol. The first-order valence-corrected chi connectivity index (χ1v) is 7.68. The predicted octanol–water partition coefficient (Wildman–Crippen LogP) is 1.50. The Morgan fingerprint density at radius 1 is 1.26 bits per heavy atom. The molecule has 1 aromatic heterocycles. The Morgan fingerprint density at radius 3 is 2.74 bits per heavy atom. The number of benzene rings is 1. The fourth-order valence-corrected chi connectivity index (χ4v) is 2.93. The van der Waals surface area contributed by atoms with E-state index >= 15 is 0 Å². The van der Waals surface area contributed by atoms with Crippen LogP contribution in [0.25, 0.3) is 10.9 Å². The van der Waals surface area contributed by atoms with Crippen molar-refractivity contribution in [2.75, 3.05) is 24.1 Å². The Labute approximate surface area is 113 Å². The van der Waals surface area contributed by atoms with E-state index in [0.717, 1.165) is 16.6 Å². The first kappa shape index (κ1) is 13.8. The van der Waals surface area contributed by atoms with Crippen LogP contribution in [0.3, 0.4) is 0 Å². The molecule has 2 aromatic rings. The molecule has 0 fully saturated rings. The van der Waals surface area contributed by atoms with Crippen LogP contribution in [0.15, 0.2) is 30.3 Å². The van der Waals surface area contributed by atoms with Crippen LogP contribution in [0.5, 0.6) is 0 Å². The van der Waals surface area contributed by atoms with E-state index in [1.165, 1.54) is 0 Å². The molecule has 102 valence electrons. The molecule has 19 heavy (non-hydrogen) atoms. The summed E-state index contributed by atoms with van der Waals surface area (Å²) < 4.78 is 26.5. The lowest BCUT2D eigenvalue weighted by atomic mass is 10.2. The third-order valence-electron chi connectivity index (χ3n) is 2.73. The molecule has 0 spiro atoms. The number of hydrogen-bond donors (Lipinski definition) is 2. The van der Waals surface area contributed by atoms with Gasteiger partial charge >= 0.3 is 0 Å². The summed E-state index contributed by atoms with van der Waals surface area (Å²) in [5, 5.41) is 3.63. The lowest BCUT2D eigenvalue weighted by Gasteiger charge is -2.11. The van der Waals surface area contributed by atoms with Crippen LogP contribution in [-0.2, 0) is 10.0 Å². The Balaban J connectivity index is 2.40. The zero-order valence-corrected chi connectivity index (χ0v) is 11.8. The quantitative estimate of drug-likeness (QED) is 0.870. The van der Waals surface area contributed by atoms with Gasteiger partial charge < -0.3 is 5.32 Å². The third kappa shape index (κ3) is 3.42. The van der Waals surface area contributed by atoms with E-state index in [4.69, 9.17) is 0 Å². The Morgan fingerprint density at radius 2 is 2.00 bits per heavy atom. The molecule has 0 saturated heterocycles. The lowest BCUT2D eigenvalue weighted by Crippen LogP contribution is -2.24. The van der Waals surface area contributed by atoms with Crippen molar-refractivity contribution in [2.45, 2.75) is 6.92 Å². The van der Waals surface area contributed by atoms with Gasteiger partial charge in [0, 0.05) is 17.6 Å². The number of aryl methyl sites for hydroxylation is 1. The van der Waals surface area contributed by atoms with E-state index in [-0.39, 0.29) is 5.75 Å². The molecule has 1 aromatic carbocycles. The van der Waals surface area contributed by atoms with Crippen LogP contribution >= 0.6 is 0 Å². The summed E-state index contributed by atoms with van der Waals surface area (Å²) in [7, 11) is -1.62. The van der Waals surface area contributed by atoms with Gasteiger partial charge in [0.25, 0.3) is 0 Å². The highest BCUT2D eigenvalue weighted by Crippen LogP contribution is 2.23. The maximum atomic E-state index is 11.9. The number of sulfonamides is 1. The summed E-state index contributed by atoms with van der Waals surface area (Å²) in [5.74, 6) is 0.0409. The first-order valence-electron chi connectivity index (χ1n) is 6.03. The van der Waals surface area contributed by atoms with Crippen LogP contribution < -0.4 is 10.0 Å². The second-order valence-electron chi connectivity index (χ2n) is 4.35. The summed E-state index contributed by atoms with van der Waals surface area (Å²) in [4.78, 5) is 4.38. The number of nitrogens with one attached hydrogen (secondary N) is 2. The molecule has 0 saturated carbocycles. The summed E-state index contributed by atoms with van der Waals surface area (Å²) >= 11 is 0. The van der Waals surface area contributed by atoms with Gasteiger partial charge in [0.1, 0.15) is 0 Å². The van der Waals surface area contributed by atoms with E-state index < -0.39 is 10.0 Å². The number of para-hydroxylation sites is 1. The molecule has 1 heterocycles. The van der Waals surface area contributed by atoms with Crippen molar-refractivity contribution < 1.29 is 8.42 Å². The molecule has 0 aliphatic heterocycles. The summed E-state index contributed by atoms with van der Waals surface area (Å²) in [6, 6.07) is 9.23. The van der Waals surface area contributed by atoms with Crippen LogP contribution in [0.1, 0.15) is 5.69 Å². The van der Waals surface area contributed by atoms with Crippen LogP contribution in [0.4, 0.5) is 5.69 Å². The largest absolute Gasteiger partial charge is 0.319 e. The van der Waals surface area contributed by atoms with Crippen LogP contribution in [0.2, 0.25) is 0 Å².